The van der Waals surface area contributed by atoms with Gasteiger partial charge in [0.1, 0.15) is 11.3 Å². The van der Waals surface area contributed by atoms with E-state index in [9.17, 15) is 9.59 Å². The number of aryl methyl sites for hydroxylation is 2. The number of carbonyl (C=O) groups excluding carboxylic acids is 1. The van der Waals surface area contributed by atoms with Crippen LogP contribution in [0.25, 0.3) is 11.8 Å². The number of pyridine rings is 1. The smallest absolute Gasteiger partial charge is 0.349 e. The number of rotatable bonds is 1. The topological polar surface area (TPSA) is 62.4 Å². The van der Waals surface area contributed by atoms with Crippen molar-refractivity contribution in [2.24, 2.45) is 0 Å². The molecule has 0 fully saturated rings. The van der Waals surface area contributed by atoms with E-state index in [2.05, 4.69) is 36.0 Å². The van der Waals surface area contributed by atoms with Crippen LogP contribution < -0.4 is 10.5 Å². The SMILES string of the molecule is Cc1cc2c(c(=O)[nH]1)C(=O)OC2=Cc1ccc2c(c1)CCC(C)N2C. The molecule has 0 radical (unpaired) electrons. The number of nitrogens with zero attached hydrogens (tertiary/aromatic N) is 1. The molecular formula is C20H20N2O3. The zero-order valence-corrected chi connectivity index (χ0v) is 14.6. The third kappa shape index (κ3) is 2.56. The minimum atomic E-state index is -0.589. The minimum absolute atomic E-state index is 0.0865. The van der Waals surface area contributed by atoms with E-state index in [1.807, 2.05) is 12.1 Å². The summed E-state index contributed by atoms with van der Waals surface area (Å²) in [4.78, 5) is 29.0. The van der Waals surface area contributed by atoms with E-state index in [1.165, 1.54) is 11.3 Å². The molecule has 0 bridgehead atoms. The average molecular weight is 336 g/mol. The molecular weight excluding hydrogens is 316 g/mol. The quantitative estimate of drug-likeness (QED) is 0.813. The predicted molar refractivity (Wildman–Crippen MR) is 97.7 cm³/mol. The number of hydrogen-bond acceptors (Lipinski definition) is 4. The predicted octanol–water partition coefficient (Wildman–Crippen LogP) is 3.12. The molecule has 3 heterocycles. The van der Waals surface area contributed by atoms with E-state index in [1.54, 1.807) is 13.0 Å². The number of H-pyrrole nitrogens is 1. The van der Waals surface area contributed by atoms with Gasteiger partial charge in [-0.1, -0.05) is 6.07 Å². The zero-order chi connectivity index (χ0) is 17.7. The normalized spacial score (nSPS) is 20.4. The van der Waals surface area contributed by atoms with Crippen LogP contribution in [0.3, 0.4) is 0 Å². The Hall–Kier alpha value is -2.82. The molecule has 128 valence electrons. The Labute approximate surface area is 145 Å². The van der Waals surface area contributed by atoms with E-state index >= 15 is 0 Å². The Kier molecular flexibility index (Phi) is 3.53. The lowest BCUT2D eigenvalue weighted by molar-refractivity contribution is 0.0715. The zero-order valence-electron chi connectivity index (χ0n) is 14.6. The van der Waals surface area contributed by atoms with Gasteiger partial charge in [0.15, 0.2) is 0 Å². The Bertz CT molecular complexity index is 971. The van der Waals surface area contributed by atoms with Crippen molar-refractivity contribution < 1.29 is 9.53 Å². The lowest BCUT2D eigenvalue weighted by atomic mass is 9.95. The number of aromatic amines is 1. The van der Waals surface area contributed by atoms with Crippen molar-refractivity contribution in [1.29, 1.82) is 0 Å². The lowest BCUT2D eigenvalue weighted by Gasteiger charge is -2.34. The number of hydrogen-bond donors (Lipinski definition) is 1. The van der Waals surface area contributed by atoms with Crippen LogP contribution in [-0.2, 0) is 11.2 Å². The fourth-order valence-corrected chi connectivity index (χ4v) is 3.59. The molecule has 2 aliphatic heterocycles. The molecule has 2 aromatic rings. The summed E-state index contributed by atoms with van der Waals surface area (Å²) in [6.07, 6.45) is 3.99. The number of ether oxygens (including phenoxy) is 1. The lowest BCUT2D eigenvalue weighted by Crippen LogP contribution is -2.33. The van der Waals surface area contributed by atoms with Crippen molar-refractivity contribution in [2.75, 3.05) is 11.9 Å². The van der Waals surface area contributed by atoms with Crippen LogP contribution in [0.15, 0.2) is 29.1 Å². The van der Waals surface area contributed by atoms with Gasteiger partial charge >= 0.3 is 5.97 Å². The molecule has 4 rings (SSSR count). The van der Waals surface area contributed by atoms with Crippen LogP contribution in [0.5, 0.6) is 0 Å². The molecule has 5 nitrogen and oxygen atoms in total. The molecule has 1 atom stereocenters. The third-order valence-electron chi connectivity index (χ3n) is 5.11. The van der Waals surface area contributed by atoms with Gasteiger partial charge in [0.25, 0.3) is 5.56 Å². The first-order valence-electron chi connectivity index (χ1n) is 8.48. The Morgan fingerprint density at radius 1 is 1.28 bits per heavy atom. The van der Waals surface area contributed by atoms with Gasteiger partial charge in [-0.05, 0) is 62.1 Å². The number of fused-ring (bicyclic) bond motifs is 2. The first-order chi connectivity index (χ1) is 11.9. The molecule has 0 amide bonds. The van der Waals surface area contributed by atoms with Crippen molar-refractivity contribution >= 4 is 23.5 Å². The first-order valence-corrected chi connectivity index (χ1v) is 8.48. The number of cyclic esters (lactones) is 1. The number of anilines is 1. The maximum absolute atomic E-state index is 12.0. The number of carbonyl (C=O) groups is 1. The molecule has 2 aliphatic rings. The summed E-state index contributed by atoms with van der Waals surface area (Å²) in [5, 5.41) is 0. The standard InChI is InChI=1S/C20H20N2O3/c1-11-8-15-17(25-20(24)18(15)19(23)21-11)10-13-5-7-16-14(9-13)6-4-12(2)22(16)3/h5,7-10,12H,4,6H2,1-3H3,(H,21,23). The van der Waals surface area contributed by atoms with Gasteiger partial charge in [0, 0.05) is 30.0 Å². The number of nitrogens with one attached hydrogen (secondary N) is 1. The van der Waals surface area contributed by atoms with Gasteiger partial charge in [-0.15, -0.1) is 0 Å². The van der Waals surface area contributed by atoms with Gasteiger partial charge in [0.2, 0.25) is 0 Å². The fourth-order valence-electron chi connectivity index (χ4n) is 3.59. The summed E-state index contributed by atoms with van der Waals surface area (Å²) in [7, 11) is 2.12. The third-order valence-corrected chi connectivity index (χ3v) is 5.11. The van der Waals surface area contributed by atoms with Crippen LogP contribution in [-0.4, -0.2) is 24.0 Å². The summed E-state index contributed by atoms with van der Waals surface area (Å²) >= 11 is 0. The molecule has 0 saturated carbocycles. The molecule has 1 aromatic carbocycles. The second kappa shape index (κ2) is 5.62. The monoisotopic (exact) mass is 336 g/mol. The molecule has 0 spiro atoms. The second-order valence-electron chi connectivity index (χ2n) is 6.86. The van der Waals surface area contributed by atoms with Crippen LogP contribution in [0.4, 0.5) is 5.69 Å². The molecule has 1 N–H and O–H groups in total. The van der Waals surface area contributed by atoms with Crippen LogP contribution >= 0.6 is 0 Å². The van der Waals surface area contributed by atoms with Gasteiger partial charge in [-0.25, -0.2) is 4.79 Å². The average Bonchev–Trinajstić information content (AvgIpc) is 2.87. The van der Waals surface area contributed by atoms with Crippen molar-refractivity contribution in [3.05, 3.63) is 62.6 Å². The van der Waals surface area contributed by atoms with Gasteiger partial charge in [-0.2, -0.15) is 0 Å². The van der Waals surface area contributed by atoms with E-state index in [4.69, 9.17) is 4.74 Å². The summed E-state index contributed by atoms with van der Waals surface area (Å²) in [6.45, 7) is 4.02. The van der Waals surface area contributed by atoms with E-state index in [-0.39, 0.29) is 5.56 Å². The number of aromatic nitrogens is 1. The highest BCUT2D eigenvalue weighted by Gasteiger charge is 2.30. The summed E-state index contributed by atoms with van der Waals surface area (Å²) in [5.41, 5.74) is 4.46. The van der Waals surface area contributed by atoms with Gasteiger partial charge in [0.05, 0.1) is 0 Å². The number of esters is 1. The van der Waals surface area contributed by atoms with E-state index in [0.717, 1.165) is 18.4 Å². The molecule has 5 heteroatoms. The second-order valence-corrected chi connectivity index (χ2v) is 6.86. The van der Waals surface area contributed by atoms with Crippen LogP contribution in [0.2, 0.25) is 0 Å². The number of benzene rings is 1. The minimum Gasteiger partial charge on any atom is -0.422 e. The van der Waals surface area contributed by atoms with E-state index in [0.29, 0.717) is 23.1 Å². The molecule has 0 aliphatic carbocycles. The highest BCUT2D eigenvalue weighted by Crippen LogP contribution is 2.33. The Morgan fingerprint density at radius 3 is 2.88 bits per heavy atom. The largest absolute Gasteiger partial charge is 0.422 e. The maximum Gasteiger partial charge on any atom is 0.349 e. The van der Waals surface area contributed by atoms with E-state index < -0.39 is 11.5 Å². The molecule has 1 aromatic heterocycles. The molecule has 1 unspecified atom stereocenters. The fraction of sp³-hybridized carbons (Fsp3) is 0.300. The Balaban J connectivity index is 1.77. The van der Waals surface area contributed by atoms with Crippen LogP contribution in [0, 0.1) is 6.92 Å². The molecule has 25 heavy (non-hydrogen) atoms. The summed E-state index contributed by atoms with van der Waals surface area (Å²) in [6, 6.07) is 8.58. The Morgan fingerprint density at radius 2 is 2.08 bits per heavy atom. The first kappa shape index (κ1) is 15.7. The van der Waals surface area contributed by atoms with Crippen molar-refractivity contribution in [3.63, 3.8) is 0 Å². The van der Waals surface area contributed by atoms with Gasteiger partial charge in [-0.3, -0.25) is 4.79 Å². The summed E-state index contributed by atoms with van der Waals surface area (Å²) in [5.74, 6) is -0.152. The van der Waals surface area contributed by atoms with Crippen molar-refractivity contribution in [2.45, 2.75) is 32.7 Å². The summed E-state index contributed by atoms with van der Waals surface area (Å²) < 4.78 is 5.35. The van der Waals surface area contributed by atoms with Crippen molar-refractivity contribution in [3.8, 4) is 0 Å². The van der Waals surface area contributed by atoms with Crippen LogP contribution in [0.1, 0.15) is 46.1 Å². The highest BCUT2D eigenvalue weighted by molar-refractivity contribution is 6.05. The molecule has 0 saturated heterocycles. The maximum atomic E-state index is 12.0. The highest BCUT2D eigenvalue weighted by atomic mass is 16.5. The van der Waals surface area contributed by atoms with Gasteiger partial charge < -0.3 is 14.6 Å². The van der Waals surface area contributed by atoms with Crippen molar-refractivity contribution in [1.82, 2.24) is 4.98 Å².